The van der Waals surface area contributed by atoms with Gasteiger partial charge in [-0.15, -0.1) is 12.4 Å². The van der Waals surface area contributed by atoms with Crippen molar-refractivity contribution in [2.24, 2.45) is 0 Å². The van der Waals surface area contributed by atoms with E-state index in [1.165, 1.54) is 29.5 Å². The van der Waals surface area contributed by atoms with E-state index in [9.17, 15) is 21.6 Å². The molecule has 0 aliphatic carbocycles. The molecule has 0 atom stereocenters. The highest BCUT2D eigenvalue weighted by molar-refractivity contribution is 7.91. The number of hydrogen-bond donors (Lipinski definition) is 0. The molecule has 0 radical (unpaired) electrons. The van der Waals surface area contributed by atoms with E-state index in [1.54, 1.807) is 29.2 Å². The summed E-state index contributed by atoms with van der Waals surface area (Å²) in [5.74, 6) is -0.179. The summed E-state index contributed by atoms with van der Waals surface area (Å²) in [5.41, 5.74) is 1.32. The fraction of sp³-hybridized carbons (Fsp3) is 0.333. The molecule has 0 unspecified atom stereocenters. The second-order valence-electron chi connectivity index (χ2n) is 7.84. The van der Waals surface area contributed by atoms with Crippen LogP contribution in [0.3, 0.4) is 0 Å². The van der Waals surface area contributed by atoms with Crippen molar-refractivity contribution < 1.29 is 21.6 Å². The van der Waals surface area contributed by atoms with Gasteiger partial charge in [0, 0.05) is 25.6 Å². The van der Waals surface area contributed by atoms with E-state index in [1.807, 2.05) is 19.0 Å². The highest BCUT2D eigenvalue weighted by Gasteiger charge is 2.21. The maximum Gasteiger partial charge on any atom is 0.233 e. The summed E-state index contributed by atoms with van der Waals surface area (Å²) in [6, 6.07) is 11.0. The smallest absolute Gasteiger partial charge is 0.233 e. The molecule has 0 bridgehead atoms. The van der Waals surface area contributed by atoms with Crippen LogP contribution in [0.5, 0.6) is 0 Å². The third-order valence-electron chi connectivity index (χ3n) is 4.79. The third kappa shape index (κ3) is 6.97. The Bertz CT molecular complexity index is 1350. The Balaban J connectivity index is 0.00000385. The molecule has 0 N–H and O–H groups in total. The van der Waals surface area contributed by atoms with E-state index < -0.39 is 19.7 Å². The van der Waals surface area contributed by atoms with Gasteiger partial charge < -0.3 is 4.90 Å². The van der Waals surface area contributed by atoms with E-state index >= 15 is 0 Å². The number of thiazole rings is 1. The van der Waals surface area contributed by atoms with Crippen LogP contribution in [-0.4, -0.2) is 72.3 Å². The minimum atomic E-state index is -3.35. The number of carbonyl (C=O) groups is 1. The first-order valence-electron chi connectivity index (χ1n) is 9.69. The second kappa shape index (κ2) is 10.5. The van der Waals surface area contributed by atoms with Crippen molar-refractivity contribution in [2.75, 3.05) is 44.6 Å². The predicted octanol–water partition coefficient (Wildman–Crippen LogP) is 2.66. The zero-order valence-electron chi connectivity index (χ0n) is 18.7. The Morgan fingerprint density at radius 2 is 1.48 bits per heavy atom. The minimum absolute atomic E-state index is 0. The summed E-state index contributed by atoms with van der Waals surface area (Å²) in [6.07, 6.45) is 2.37. The van der Waals surface area contributed by atoms with Gasteiger partial charge in [0.25, 0.3) is 0 Å². The van der Waals surface area contributed by atoms with Gasteiger partial charge in [-0.2, -0.15) is 0 Å². The number of likely N-dealkylation sites (N-methyl/N-ethyl adjacent to an activating group) is 1. The Morgan fingerprint density at radius 1 is 0.909 bits per heavy atom. The molecule has 0 aliphatic heterocycles. The van der Waals surface area contributed by atoms with Gasteiger partial charge >= 0.3 is 0 Å². The number of hydrogen-bond acceptors (Lipinski definition) is 8. The van der Waals surface area contributed by atoms with Crippen molar-refractivity contribution >= 4 is 64.7 Å². The molecule has 1 heterocycles. The normalized spacial score (nSPS) is 12.0. The van der Waals surface area contributed by atoms with Crippen LogP contribution in [0, 0.1) is 0 Å². The average Bonchev–Trinajstić information content (AvgIpc) is 3.09. The summed E-state index contributed by atoms with van der Waals surface area (Å²) in [7, 11) is -2.84. The number of carbonyl (C=O) groups excluding carboxylic acids is 1. The minimum Gasteiger partial charge on any atom is -0.308 e. The molecular weight excluding hydrogens is 506 g/mol. The molecule has 0 spiro atoms. The third-order valence-corrected chi connectivity index (χ3v) is 8.07. The van der Waals surface area contributed by atoms with E-state index in [2.05, 4.69) is 4.98 Å². The lowest BCUT2D eigenvalue weighted by atomic mass is 10.1. The van der Waals surface area contributed by atoms with Crippen LogP contribution >= 0.6 is 23.7 Å². The van der Waals surface area contributed by atoms with Gasteiger partial charge in [-0.3, -0.25) is 9.69 Å². The van der Waals surface area contributed by atoms with Crippen molar-refractivity contribution in [1.29, 1.82) is 0 Å². The number of benzene rings is 2. The number of aromatic nitrogens is 1. The van der Waals surface area contributed by atoms with Crippen molar-refractivity contribution in [1.82, 2.24) is 9.88 Å². The lowest BCUT2D eigenvalue weighted by molar-refractivity contribution is -0.118. The molecule has 3 rings (SSSR count). The maximum absolute atomic E-state index is 13.2. The Morgan fingerprint density at radius 3 is 2.03 bits per heavy atom. The fourth-order valence-corrected chi connectivity index (χ4v) is 5.39. The Hall–Kier alpha value is -2.05. The van der Waals surface area contributed by atoms with Crippen LogP contribution in [0.4, 0.5) is 5.13 Å². The summed E-state index contributed by atoms with van der Waals surface area (Å²) in [6.45, 7) is 1.02. The molecule has 0 fully saturated rings. The number of sulfone groups is 2. The maximum atomic E-state index is 13.2. The molecule has 8 nitrogen and oxygen atoms in total. The van der Waals surface area contributed by atoms with E-state index in [0.29, 0.717) is 34.0 Å². The average molecular weight is 532 g/mol. The number of anilines is 1. The first-order valence-corrected chi connectivity index (χ1v) is 14.3. The van der Waals surface area contributed by atoms with Gasteiger partial charge in [0.15, 0.2) is 24.8 Å². The van der Waals surface area contributed by atoms with Crippen LogP contribution in [0.1, 0.15) is 5.56 Å². The molecule has 180 valence electrons. The quantitative estimate of drug-likeness (QED) is 0.440. The van der Waals surface area contributed by atoms with E-state index in [0.717, 1.165) is 12.5 Å². The monoisotopic (exact) mass is 531 g/mol. The molecule has 1 aromatic heterocycles. The largest absolute Gasteiger partial charge is 0.308 e. The van der Waals surface area contributed by atoms with Gasteiger partial charge in [-0.25, -0.2) is 21.8 Å². The number of halogens is 1. The predicted molar refractivity (Wildman–Crippen MR) is 134 cm³/mol. The molecule has 0 aliphatic rings. The van der Waals surface area contributed by atoms with Gasteiger partial charge in [-0.1, -0.05) is 23.5 Å². The van der Waals surface area contributed by atoms with E-state index in [4.69, 9.17) is 0 Å². The first-order chi connectivity index (χ1) is 14.8. The summed E-state index contributed by atoms with van der Waals surface area (Å²) < 4.78 is 47.7. The van der Waals surface area contributed by atoms with Crippen LogP contribution < -0.4 is 4.90 Å². The lowest BCUT2D eigenvalue weighted by Gasteiger charge is -2.22. The topological polar surface area (TPSA) is 105 Å². The van der Waals surface area contributed by atoms with Gasteiger partial charge in [-0.05, 0) is 50.0 Å². The molecule has 1 amide bonds. The molecule has 0 saturated carbocycles. The van der Waals surface area contributed by atoms with Crippen LogP contribution in [0.15, 0.2) is 52.3 Å². The van der Waals surface area contributed by atoms with Crippen LogP contribution in [-0.2, 0) is 30.9 Å². The summed E-state index contributed by atoms with van der Waals surface area (Å²) in [4.78, 5) is 21.7. The number of amides is 1. The zero-order valence-corrected chi connectivity index (χ0v) is 21.9. The molecule has 2 aromatic carbocycles. The highest BCUT2D eigenvalue weighted by atomic mass is 35.5. The number of fused-ring (bicyclic) bond motifs is 1. The molecule has 3 aromatic rings. The van der Waals surface area contributed by atoms with E-state index in [-0.39, 0.29) is 34.5 Å². The van der Waals surface area contributed by atoms with Gasteiger partial charge in [0.2, 0.25) is 5.91 Å². The Kier molecular flexibility index (Phi) is 8.63. The number of nitrogens with zero attached hydrogens (tertiary/aromatic N) is 3. The SMILES string of the molecule is CN(C)CCN(C(=O)Cc1ccc(S(C)(=O)=O)cc1)c1nc2ccc(S(C)(=O)=O)cc2s1.Cl. The molecule has 0 saturated heterocycles. The standard InChI is InChI=1S/C21H25N3O5S3.ClH/c1-23(2)11-12-24(20(25)13-15-5-7-16(8-6-15)31(3,26)27)21-22-18-10-9-17(32(4,28)29)14-19(18)30-21;/h5-10,14H,11-13H2,1-4H3;1H. The van der Waals surface area contributed by atoms with Crippen molar-refractivity contribution in [2.45, 2.75) is 16.2 Å². The van der Waals surface area contributed by atoms with Crippen molar-refractivity contribution in [3.05, 3.63) is 48.0 Å². The highest BCUT2D eigenvalue weighted by Crippen LogP contribution is 2.31. The number of rotatable bonds is 8. The van der Waals surface area contributed by atoms with Crippen LogP contribution in [0.25, 0.3) is 10.2 Å². The fourth-order valence-electron chi connectivity index (χ4n) is 2.99. The first kappa shape index (κ1) is 27.2. The molecule has 12 heteroatoms. The van der Waals surface area contributed by atoms with Crippen molar-refractivity contribution in [3.63, 3.8) is 0 Å². The van der Waals surface area contributed by atoms with Crippen molar-refractivity contribution in [3.8, 4) is 0 Å². The second-order valence-corrected chi connectivity index (χ2v) is 12.9. The summed E-state index contributed by atoms with van der Waals surface area (Å²) in [5, 5.41) is 0.491. The van der Waals surface area contributed by atoms with Crippen LogP contribution in [0.2, 0.25) is 0 Å². The zero-order chi connectivity index (χ0) is 23.7. The summed E-state index contributed by atoms with van der Waals surface area (Å²) >= 11 is 1.26. The lowest BCUT2D eigenvalue weighted by Crippen LogP contribution is -2.37. The van der Waals surface area contributed by atoms with Gasteiger partial charge in [0.05, 0.1) is 26.4 Å². The van der Waals surface area contributed by atoms with Gasteiger partial charge in [0.1, 0.15) is 0 Å². The Labute approximate surface area is 204 Å². The molecule has 33 heavy (non-hydrogen) atoms. The molecular formula is C21H26ClN3O5S3.